The monoisotopic (exact) mass is 274 g/mol. The van der Waals surface area contributed by atoms with Crippen molar-refractivity contribution in [2.45, 2.75) is 46.1 Å². The molecule has 0 spiro atoms. The van der Waals surface area contributed by atoms with Gasteiger partial charge in [0.1, 0.15) is 0 Å². The maximum Gasteiger partial charge on any atom is 0.254 e. The van der Waals surface area contributed by atoms with Crippen LogP contribution in [0.3, 0.4) is 0 Å². The average molecular weight is 274 g/mol. The molecule has 0 radical (unpaired) electrons. The number of aryl methyl sites for hydroxylation is 2. The minimum atomic E-state index is 0.208. The zero-order chi connectivity index (χ0) is 14.5. The molecule has 2 rings (SSSR count). The van der Waals surface area contributed by atoms with Gasteiger partial charge in [0.25, 0.3) is 5.91 Å². The second-order valence-electron chi connectivity index (χ2n) is 5.80. The molecule has 3 heteroatoms. The number of carbonyl (C=O) groups is 1. The quantitative estimate of drug-likeness (QED) is 0.915. The number of amides is 1. The van der Waals surface area contributed by atoms with Gasteiger partial charge < -0.3 is 10.2 Å². The summed E-state index contributed by atoms with van der Waals surface area (Å²) in [4.78, 5) is 15.0. The zero-order valence-corrected chi connectivity index (χ0v) is 12.9. The molecule has 1 heterocycles. The zero-order valence-electron chi connectivity index (χ0n) is 12.9. The number of carbonyl (C=O) groups excluding carboxylic acids is 1. The van der Waals surface area contributed by atoms with Crippen LogP contribution in [0.2, 0.25) is 0 Å². The molecular weight excluding hydrogens is 248 g/mol. The topological polar surface area (TPSA) is 32.3 Å². The lowest BCUT2D eigenvalue weighted by Crippen LogP contribution is -2.46. The molecule has 0 aliphatic carbocycles. The summed E-state index contributed by atoms with van der Waals surface area (Å²) in [5.41, 5.74) is 3.10. The van der Waals surface area contributed by atoms with E-state index in [1.165, 1.54) is 0 Å². The number of piperidine rings is 1. The van der Waals surface area contributed by atoms with Crippen LogP contribution in [0.15, 0.2) is 18.2 Å². The largest absolute Gasteiger partial charge is 0.336 e. The molecule has 1 amide bonds. The second-order valence-corrected chi connectivity index (χ2v) is 5.80. The molecule has 1 aromatic carbocycles. The summed E-state index contributed by atoms with van der Waals surface area (Å²) in [6.07, 6.45) is 3.15. The Morgan fingerprint density at radius 1 is 1.30 bits per heavy atom. The van der Waals surface area contributed by atoms with Crippen molar-refractivity contribution in [3.05, 3.63) is 34.9 Å². The Morgan fingerprint density at radius 2 is 2.00 bits per heavy atom. The Kier molecular flexibility index (Phi) is 5.18. The minimum absolute atomic E-state index is 0.208. The molecule has 0 unspecified atom stereocenters. The number of benzene rings is 1. The van der Waals surface area contributed by atoms with E-state index in [-0.39, 0.29) is 5.91 Å². The van der Waals surface area contributed by atoms with Crippen LogP contribution >= 0.6 is 0 Å². The van der Waals surface area contributed by atoms with Crippen molar-refractivity contribution in [1.29, 1.82) is 0 Å². The van der Waals surface area contributed by atoms with E-state index in [1.54, 1.807) is 0 Å². The van der Waals surface area contributed by atoms with Gasteiger partial charge in [0.15, 0.2) is 0 Å². The van der Waals surface area contributed by atoms with Gasteiger partial charge >= 0.3 is 0 Å². The summed E-state index contributed by atoms with van der Waals surface area (Å²) in [6, 6.07) is 6.54. The molecule has 0 bridgehead atoms. The van der Waals surface area contributed by atoms with E-state index in [9.17, 15) is 4.79 Å². The fourth-order valence-electron chi connectivity index (χ4n) is 2.93. The van der Waals surface area contributed by atoms with Crippen LogP contribution in [0.25, 0.3) is 0 Å². The average Bonchev–Trinajstić information content (AvgIpc) is 2.47. The summed E-state index contributed by atoms with van der Waals surface area (Å²) in [6.45, 7) is 9.11. The van der Waals surface area contributed by atoms with Crippen LogP contribution in [-0.4, -0.2) is 36.5 Å². The van der Waals surface area contributed by atoms with Gasteiger partial charge in [-0.05, 0) is 57.8 Å². The lowest BCUT2D eigenvalue weighted by atomic mass is 10.00. The van der Waals surface area contributed by atoms with Crippen LogP contribution in [0.4, 0.5) is 0 Å². The highest BCUT2D eigenvalue weighted by atomic mass is 16.2. The van der Waals surface area contributed by atoms with Crippen molar-refractivity contribution in [3.8, 4) is 0 Å². The molecular formula is C17H26N2O. The molecule has 1 aliphatic heterocycles. The summed E-state index contributed by atoms with van der Waals surface area (Å²) in [7, 11) is 0. The van der Waals surface area contributed by atoms with E-state index >= 15 is 0 Å². The van der Waals surface area contributed by atoms with Crippen molar-refractivity contribution >= 4 is 5.91 Å². The maximum atomic E-state index is 12.9. The third kappa shape index (κ3) is 3.40. The Hall–Kier alpha value is -1.35. The number of hydrogen-bond acceptors (Lipinski definition) is 2. The molecule has 1 saturated heterocycles. The second kappa shape index (κ2) is 6.89. The molecule has 0 aromatic heterocycles. The first-order valence-electron chi connectivity index (χ1n) is 7.72. The normalized spacial score (nSPS) is 16.1. The predicted octanol–water partition coefficient (Wildman–Crippen LogP) is 2.91. The molecule has 1 aliphatic rings. The summed E-state index contributed by atoms with van der Waals surface area (Å²) in [5, 5.41) is 3.37. The van der Waals surface area contributed by atoms with Crippen molar-refractivity contribution in [2.24, 2.45) is 0 Å². The number of hydrogen-bond donors (Lipinski definition) is 1. The van der Waals surface area contributed by atoms with E-state index in [0.717, 1.165) is 55.6 Å². The van der Waals surface area contributed by atoms with E-state index in [2.05, 4.69) is 29.3 Å². The van der Waals surface area contributed by atoms with Gasteiger partial charge in [-0.25, -0.2) is 0 Å². The first-order chi connectivity index (χ1) is 9.63. The fraction of sp³-hybridized carbons (Fsp3) is 0.588. The van der Waals surface area contributed by atoms with Crippen LogP contribution in [0.5, 0.6) is 0 Å². The standard InChI is InChI=1S/C17H26N2O/c1-4-11-19(15-7-9-18-10-8-15)17(20)16-12-13(2)5-6-14(16)3/h5-6,12,15,18H,4,7-11H2,1-3H3. The molecule has 20 heavy (non-hydrogen) atoms. The molecule has 0 saturated carbocycles. The Morgan fingerprint density at radius 3 is 2.65 bits per heavy atom. The summed E-state index contributed by atoms with van der Waals surface area (Å²) < 4.78 is 0. The highest BCUT2D eigenvalue weighted by Gasteiger charge is 2.26. The predicted molar refractivity (Wildman–Crippen MR) is 83.1 cm³/mol. The number of nitrogens with zero attached hydrogens (tertiary/aromatic N) is 1. The Bertz CT molecular complexity index is 464. The van der Waals surface area contributed by atoms with E-state index in [1.807, 2.05) is 19.9 Å². The van der Waals surface area contributed by atoms with Crippen LogP contribution in [-0.2, 0) is 0 Å². The van der Waals surface area contributed by atoms with E-state index in [4.69, 9.17) is 0 Å². The SMILES string of the molecule is CCCN(C(=O)c1cc(C)ccc1C)C1CCNCC1. The first-order valence-corrected chi connectivity index (χ1v) is 7.72. The maximum absolute atomic E-state index is 12.9. The van der Waals surface area contributed by atoms with E-state index < -0.39 is 0 Å². The smallest absolute Gasteiger partial charge is 0.254 e. The van der Waals surface area contributed by atoms with Gasteiger partial charge in [0.05, 0.1) is 0 Å². The lowest BCUT2D eigenvalue weighted by Gasteiger charge is -2.35. The van der Waals surface area contributed by atoms with Crippen molar-refractivity contribution in [3.63, 3.8) is 0 Å². The van der Waals surface area contributed by atoms with E-state index in [0.29, 0.717) is 6.04 Å². The van der Waals surface area contributed by atoms with Gasteiger partial charge in [-0.3, -0.25) is 4.79 Å². The highest BCUT2D eigenvalue weighted by molar-refractivity contribution is 5.96. The molecule has 1 N–H and O–H groups in total. The van der Waals surface area contributed by atoms with Crippen LogP contribution in [0, 0.1) is 13.8 Å². The fourth-order valence-corrected chi connectivity index (χ4v) is 2.93. The van der Waals surface area contributed by atoms with Gasteiger partial charge in [0, 0.05) is 18.2 Å². The molecule has 1 aromatic rings. The van der Waals surface area contributed by atoms with Crippen molar-refractivity contribution in [2.75, 3.05) is 19.6 Å². The van der Waals surface area contributed by atoms with Crippen LogP contribution in [0.1, 0.15) is 47.7 Å². The lowest BCUT2D eigenvalue weighted by molar-refractivity contribution is 0.0642. The first kappa shape index (κ1) is 15.0. The van der Waals surface area contributed by atoms with Gasteiger partial charge in [-0.15, -0.1) is 0 Å². The van der Waals surface area contributed by atoms with Crippen molar-refractivity contribution in [1.82, 2.24) is 10.2 Å². The third-order valence-electron chi connectivity index (χ3n) is 4.10. The number of nitrogens with one attached hydrogen (secondary N) is 1. The summed E-state index contributed by atoms with van der Waals surface area (Å²) in [5.74, 6) is 0.208. The van der Waals surface area contributed by atoms with Crippen molar-refractivity contribution < 1.29 is 4.79 Å². The number of rotatable bonds is 4. The molecule has 3 nitrogen and oxygen atoms in total. The highest BCUT2D eigenvalue weighted by Crippen LogP contribution is 2.19. The molecule has 1 fully saturated rings. The van der Waals surface area contributed by atoms with Crippen LogP contribution < -0.4 is 5.32 Å². The third-order valence-corrected chi connectivity index (χ3v) is 4.10. The Balaban J connectivity index is 2.23. The molecule has 0 atom stereocenters. The van der Waals surface area contributed by atoms with Gasteiger partial charge in [-0.2, -0.15) is 0 Å². The van der Waals surface area contributed by atoms with Gasteiger partial charge in [-0.1, -0.05) is 24.6 Å². The minimum Gasteiger partial charge on any atom is -0.336 e. The molecule has 110 valence electrons. The van der Waals surface area contributed by atoms with Gasteiger partial charge in [0.2, 0.25) is 0 Å². The summed E-state index contributed by atoms with van der Waals surface area (Å²) >= 11 is 0. The Labute approximate surface area is 122 Å².